The molecule has 3 heterocycles. The van der Waals surface area contributed by atoms with Gasteiger partial charge in [-0.2, -0.15) is 13.9 Å². The maximum absolute atomic E-state index is 14.4. The Kier molecular flexibility index (Phi) is 6.80. The lowest BCUT2D eigenvalue weighted by Crippen LogP contribution is -2.42. The van der Waals surface area contributed by atoms with Gasteiger partial charge in [0.25, 0.3) is 5.91 Å². The minimum Gasteiger partial charge on any atom is -0.481 e. The number of pyridine rings is 1. The van der Waals surface area contributed by atoms with Crippen LogP contribution in [0.3, 0.4) is 0 Å². The first-order valence-corrected chi connectivity index (χ1v) is 10.7. The topological polar surface area (TPSA) is 111 Å². The Morgan fingerprint density at radius 2 is 2.00 bits per heavy atom. The van der Waals surface area contributed by atoms with Crippen molar-refractivity contribution in [2.24, 2.45) is 0 Å². The number of aromatic nitrogens is 4. The van der Waals surface area contributed by atoms with E-state index in [0.29, 0.717) is 17.1 Å². The highest BCUT2D eigenvalue weighted by Crippen LogP contribution is 2.31. The SMILES string of the molecule is COc1ncccc1-c1ccn2ncc(C(=O)NC(c3ccc(OC(F)F)c(F)c3)C(C)(C)O)c2n1. The molecular formula is C24H22F3N5O4. The molecule has 2 N–H and O–H groups in total. The highest BCUT2D eigenvalue weighted by atomic mass is 19.3. The number of nitrogens with zero attached hydrogens (tertiary/aromatic N) is 4. The second-order valence-corrected chi connectivity index (χ2v) is 8.33. The van der Waals surface area contributed by atoms with Crippen LogP contribution < -0.4 is 14.8 Å². The van der Waals surface area contributed by atoms with E-state index in [1.807, 2.05) is 0 Å². The fraction of sp³-hybridized carbons (Fsp3) is 0.250. The molecule has 0 saturated heterocycles. The standard InChI is InChI=1S/C24H22F3N5O4/c1-24(2,34)19(13-6-7-18(16(25)11-13)36-23(26)27)31-21(33)15-12-29-32-10-8-17(30-20(15)32)14-5-4-9-28-22(14)35-3/h4-12,19,23,34H,1-3H3,(H,31,33). The molecule has 1 atom stereocenters. The number of hydrogen-bond donors (Lipinski definition) is 2. The Morgan fingerprint density at radius 1 is 1.22 bits per heavy atom. The van der Waals surface area contributed by atoms with Crippen molar-refractivity contribution in [1.82, 2.24) is 24.9 Å². The summed E-state index contributed by atoms with van der Waals surface area (Å²) in [7, 11) is 1.48. The summed E-state index contributed by atoms with van der Waals surface area (Å²) in [5, 5.41) is 17.5. The Morgan fingerprint density at radius 3 is 2.67 bits per heavy atom. The van der Waals surface area contributed by atoms with Gasteiger partial charge in [-0.1, -0.05) is 6.07 Å². The highest BCUT2D eigenvalue weighted by Gasteiger charge is 2.32. The molecule has 3 aromatic heterocycles. The minimum atomic E-state index is -3.20. The van der Waals surface area contributed by atoms with Crippen molar-refractivity contribution in [2.45, 2.75) is 32.1 Å². The normalized spacial score (nSPS) is 12.6. The lowest BCUT2D eigenvalue weighted by molar-refractivity contribution is -0.0522. The van der Waals surface area contributed by atoms with Crippen LogP contribution in [-0.4, -0.2) is 49.9 Å². The van der Waals surface area contributed by atoms with Crippen LogP contribution in [0.1, 0.15) is 35.8 Å². The second kappa shape index (κ2) is 9.82. The van der Waals surface area contributed by atoms with E-state index in [-0.39, 0.29) is 16.8 Å². The number of methoxy groups -OCH3 is 1. The van der Waals surface area contributed by atoms with Crippen molar-refractivity contribution in [2.75, 3.05) is 7.11 Å². The summed E-state index contributed by atoms with van der Waals surface area (Å²) in [6.07, 6.45) is 4.50. The van der Waals surface area contributed by atoms with Crippen LogP contribution in [0.15, 0.2) is 55.0 Å². The molecule has 0 radical (unpaired) electrons. The van der Waals surface area contributed by atoms with E-state index < -0.39 is 35.7 Å². The van der Waals surface area contributed by atoms with Crippen molar-refractivity contribution in [3.63, 3.8) is 0 Å². The Bertz CT molecular complexity index is 1400. The molecular weight excluding hydrogens is 479 g/mol. The van der Waals surface area contributed by atoms with E-state index in [1.165, 1.54) is 37.7 Å². The number of nitrogens with one attached hydrogen (secondary N) is 1. The summed E-state index contributed by atoms with van der Waals surface area (Å²) in [5.41, 5.74) is -0.0223. The highest BCUT2D eigenvalue weighted by molar-refractivity contribution is 6.00. The van der Waals surface area contributed by atoms with E-state index in [1.54, 1.807) is 30.6 Å². The largest absolute Gasteiger partial charge is 0.481 e. The van der Waals surface area contributed by atoms with Gasteiger partial charge in [-0.3, -0.25) is 4.79 Å². The van der Waals surface area contributed by atoms with Gasteiger partial charge >= 0.3 is 6.61 Å². The van der Waals surface area contributed by atoms with Crippen LogP contribution in [0, 0.1) is 5.82 Å². The van der Waals surface area contributed by atoms with Gasteiger partial charge in [0.2, 0.25) is 5.88 Å². The molecule has 4 aromatic rings. The van der Waals surface area contributed by atoms with Gasteiger partial charge in [0.1, 0.15) is 5.56 Å². The van der Waals surface area contributed by atoms with E-state index in [9.17, 15) is 23.1 Å². The Labute approximate surface area is 203 Å². The van der Waals surface area contributed by atoms with E-state index in [2.05, 4.69) is 25.1 Å². The number of aliphatic hydroxyl groups is 1. The summed E-state index contributed by atoms with van der Waals surface area (Å²) in [5.74, 6) is -2.01. The molecule has 0 aliphatic heterocycles. The first kappa shape index (κ1) is 24.9. The van der Waals surface area contributed by atoms with Crippen LogP contribution in [0.4, 0.5) is 13.2 Å². The molecule has 4 rings (SSSR count). The van der Waals surface area contributed by atoms with Gasteiger partial charge in [0, 0.05) is 12.4 Å². The monoisotopic (exact) mass is 501 g/mol. The van der Waals surface area contributed by atoms with Gasteiger partial charge in [-0.05, 0) is 49.7 Å². The van der Waals surface area contributed by atoms with Gasteiger partial charge in [0.05, 0.1) is 36.2 Å². The zero-order valence-corrected chi connectivity index (χ0v) is 19.4. The lowest BCUT2D eigenvalue weighted by atomic mass is 9.91. The molecule has 36 heavy (non-hydrogen) atoms. The number of amides is 1. The van der Waals surface area contributed by atoms with Crippen LogP contribution in [-0.2, 0) is 0 Å². The number of alkyl halides is 2. The Hall–Kier alpha value is -4.19. The quantitative estimate of drug-likeness (QED) is 0.378. The third-order valence-corrected chi connectivity index (χ3v) is 5.34. The number of rotatable bonds is 8. The first-order chi connectivity index (χ1) is 17.1. The third kappa shape index (κ3) is 5.08. The van der Waals surface area contributed by atoms with Crippen LogP contribution in [0.25, 0.3) is 16.9 Å². The number of hydrogen-bond acceptors (Lipinski definition) is 7. The molecule has 0 spiro atoms. The zero-order chi connectivity index (χ0) is 26.0. The number of ether oxygens (including phenoxy) is 2. The molecule has 9 nitrogen and oxygen atoms in total. The summed E-state index contributed by atoms with van der Waals surface area (Å²) in [4.78, 5) is 21.9. The van der Waals surface area contributed by atoms with Crippen molar-refractivity contribution in [3.8, 4) is 22.9 Å². The molecule has 1 aromatic carbocycles. The molecule has 0 aliphatic carbocycles. The van der Waals surface area contributed by atoms with Crippen molar-refractivity contribution >= 4 is 11.6 Å². The number of halogens is 3. The smallest absolute Gasteiger partial charge is 0.387 e. The lowest BCUT2D eigenvalue weighted by Gasteiger charge is -2.30. The van der Waals surface area contributed by atoms with E-state index in [0.717, 1.165) is 12.1 Å². The van der Waals surface area contributed by atoms with Crippen LogP contribution in [0.2, 0.25) is 0 Å². The average molecular weight is 501 g/mol. The Balaban J connectivity index is 1.68. The zero-order valence-electron chi connectivity index (χ0n) is 19.4. The van der Waals surface area contributed by atoms with E-state index >= 15 is 0 Å². The van der Waals surface area contributed by atoms with Crippen molar-refractivity contribution in [1.29, 1.82) is 0 Å². The van der Waals surface area contributed by atoms with Crippen molar-refractivity contribution < 1.29 is 32.5 Å². The summed E-state index contributed by atoms with van der Waals surface area (Å²) in [6, 6.07) is 7.27. The fourth-order valence-corrected chi connectivity index (χ4v) is 3.69. The number of carbonyl (C=O) groups excluding carboxylic acids is 1. The molecule has 0 fully saturated rings. The molecule has 1 amide bonds. The predicted molar refractivity (Wildman–Crippen MR) is 122 cm³/mol. The number of benzene rings is 1. The van der Waals surface area contributed by atoms with Gasteiger partial charge in [0.15, 0.2) is 17.2 Å². The van der Waals surface area contributed by atoms with Gasteiger partial charge in [-0.15, -0.1) is 0 Å². The minimum absolute atomic E-state index is 0.0899. The summed E-state index contributed by atoms with van der Waals surface area (Å²) < 4.78 is 50.1. The number of fused-ring (bicyclic) bond motifs is 1. The second-order valence-electron chi connectivity index (χ2n) is 8.33. The summed E-state index contributed by atoms with van der Waals surface area (Å²) >= 11 is 0. The molecule has 188 valence electrons. The molecule has 12 heteroatoms. The molecule has 0 saturated carbocycles. The fourth-order valence-electron chi connectivity index (χ4n) is 3.69. The molecule has 0 bridgehead atoms. The maximum atomic E-state index is 14.4. The number of carbonyl (C=O) groups is 1. The average Bonchev–Trinajstić information content (AvgIpc) is 3.26. The van der Waals surface area contributed by atoms with Crippen LogP contribution >= 0.6 is 0 Å². The van der Waals surface area contributed by atoms with E-state index in [4.69, 9.17) is 4.74 Å². The van der Waals surface area contributed by atoms with Gasteiger partial charge < -0.3 is 19.9 Å². The van der Waals surface area contributed by atoms with Gasteiger partial charge in [-0.25, -0.2) is 18.9 Å². The summed E-state index contributed by atoms with van der Waals surface area (Å²) in [6.45, 7) is -0.365. The molecule has 0 aliphatic rings. The predicted octanol–water partition coefficient (Wildman–Crippen LogP) is 3.78. The van der Waals surface area contributed by atoms with Crippen LogP contribution in [0.5, 0.6) is 11.6 Å². The molecule has 1 unspecified atom stereocenters. The van der Waals surface area contributed by atoms with Crippen molar-refractivity contribution in [3.05, 3.63) is 71.9 Å². The third-order valence-electron chi connectivity index (χ3n) is 5.34. The maximum Gasteiger partial charge on any atom is 0.387 e. The first-order valence-electron chi connectivity index (χ1n) is 10.7.